The van der Waals surface area contributed by atoms with Crippen molar-refractivity contribution in [2.45, 2.75) is 52.6 Å². The van der Waals surface area contributed by atoms with Crippen LogP contribution in [0, 0.1) is 13.8 Å². The number of nitrogens with one attached hydrogen (secondary N) is 2. The lowest BCUT2D eigenvalue weighted by molar-refractivity contribution is 0.306. The Bertz CT molecular complexity index is 678. The van der Waals surface area contributed by atoms with Crippen LogP contribution in [-0.4, -0.2) is 55.6 Å². The Balaban J connectivity index is 0.00000338. The van der Waals surface area contributed by atoms with Gasteiger partial charge >= 0.3 is 0 Å². The van der Waals surface area contributed by atoms with Crippen LogP contribution in [0.4, 0.5) is 0 Å². The summed E-state index contributed by atoms with van der Waals surface area (Å²) < 4.78 is 25.9. The number of aliphatic imine (C=N–C) groups is 1. The molecule has 0 spiro atoms. The van der Waals surface area contributed by atoms with Gasteiger partial charge in [-0.25, -0.2) is 17.7 Å². The molecule has 0 unspecified atom stereocenters. The second kappa shape index (κ2) is 10.8. The molecule has 1 aromatic heterocycles. The van der Waals surface area contributed by atoms with E-state index in [2.05, 4.69) is 27.5 Å². The summed E-state index contributed by atoms with van der Waals surface area (Å²) in [5.41, 5.74) is 1.07. The molecule has 0 amide bonds. The quantitative estimate of drug-likeness (QED) is 0.345. The van der Waals surface area contributed by atoms with Crippen LogP contribution in [0.25, 0.3) is 0 Å². The first kappa shape index (κ1) is 23.6. The van der Waals surface area contributed by atoms with Crippen LogP contribution >= 0.6 is 35.3 Å². The molecule has 2 rings (SSSR count). The van der Waals surface area contributed by atoms with Gasteiger partial charge in [0, 0.05) is 31.1 Å². The Hall–Kier alpha value is -0.460. The van der Waals surface area contributed by atoms with E-state index in [1.165, 1.54) is 4.88 Å². The Morgan fingerprint density at radius 1 is 1.35 bits per heavy atom. The second-order valence-electron chi connectivity index (χ2n) is 6.31. The summed E-state index contributed by atoms with van der Waals surface area (Å²) in [6.07, 6.45) is 2.24. The minimum absolute atomic E-state index is 0. The summed E-state index contributed by atoms with van der Waals surface area (Å²) in [7, 11) is -1.34. The number of guanidine groups is 1. The molecule has 1 aromatic rings. The number of sulfonamides is 1. The monoisotopic (exact) mass is 515 g/mol. The zero-order valence-corrected chi connectivity index (χ0v) is 19.9. The fraction of sp³-hybridized carbons (Fsp3) is 0.750. The summed E-state index contributed by atoms with van der Waals surface area (Å²) in [5, 5.41) is 7.73. The molecule has 26 heavy (non-hydrogen) atoms. The third-order valence-electron chi connectivity index (χ3n) is 4.35. The van der Waals surface area contributed by atoms with Gasteiger partial charge in [0.25, 0.3) is 0 Å². The van der Waals surface area contributed by atoms with Crippen molar-refractivity contribution in [2.75, 3.05) is 25.9 Å². The maximum Gasteiger partial charge on any atom is 0.214 e. The van der Waals surface area contributed by atoms with Crippen molar-refractivity contribution >= 4 is 51.3 Å². The van der Waals surface area contributed by atoms with Gasteiger partial charge in [0.15, 0.2) is 5.96 Å². The minimum Gasteiger partial charge on any atom is -0.354 e. The molecule has 2 N–H and O–H groups in total. The van der Waals surface area contributed by atoms with Gasteiger partial charge in [0.2, 0.25) is 10.0 Å². The molecule has 150 valence electrons. The molecule has 1 aliphatic rings. The fourth-order valence-corrected chi connectivity index (χ4v) is 5.24. The van der Waals surface area contributed by atoms with Crippen molar-refractivity contribution in [2.24, 2.45) is 4.99 Å². The molecule has 2 heterocycles. The van der Waals surface area contributed by atoms with Crippen LogP contribution in [0.2, 0.25) is 0 Å². The molecule has 0 bridgehead atoms. The minimum atomic E-state index is -3.09. The van der Waals surface area contributed by atoms with Gasteiger partial charge in [-0.15, -0.1) is 35.3 Å². The average Bonchev–Trinajstić information content (AvgIpc) is 2.90. The van der Waals surface area contributed by atoms with E-state index in [1.54, 1.807) is 22.7 Å². The molecule has 0 atom stereocenters. The Morgan fingerprint density at radius 3 is 2.50 bits per heavy atom. The predicted octanol–water partition coefficient (Wildman–Crippen LogP) is 2.25. The molecule has 1 saturated heterocycles. The van der Waals surface area contributed by atoms with Crippen molar-refractivity contribution in [1.82, 2.24) is 19.9 Å². The van der Waals surface area contributed by atoms with E-state index in [1.807, 2.05) is 13.8 Å². The van der Waals surface area contributed by atoms with Crippen molar-refractivity contribution < 1.29 is 8.42 Å². The van der Waals surface area contributed by atoms with E-state index >= 15 is 0 Å². The lowest BCUT2D eigenvalue weighted by Gasteiger charge is -2.32. The third kappa shape index (κ3) is 6.61. The first-order valence-electron chi connectivity index (χ1n) is 8.73. The highest BCUT2D eigenvalue weighted by molar-refractivity contribution is 14.0. The van der Waals surface area contributed by atoms with E-state index in [-0.39, 0.29) is 35.8 Å². The highest BCUT2D eigenvalue weighted by atomic mass is 127. The molecule has 1 aliphatic heterocycles. The topological polar surface area (TPSA) is 86.7 Å². The van der Waals surface area contributed by atoms with Gasteiger partial charge in [-0.05, 0) is 33.1 Å². The molecule has 0 saturated carbocycles. The van der Waals surface area contributed by atoms with Gasteiger partial charge in [-0.3, -0.25) is 4.99 Å². The molecular formula is C16H30IN5O2S2. The first-order valence-corrected chi connectivity index (χ1v) is 11.2. The second-order valence-corrected chi connectivity index (χ2v) is 9.68. The summed E-state index contributed by atoms with van der Waals surface area (Å²) in [6, 6.07) is 0.235. The van der Waals surface area contributed by atoms with Gasteiger partial charge in [0.1, 0.15) is 5.01 Å². The Labute approximate surface area is 178 Å². The zero-order valence-electron chi connectivity index (χ0n) is 15.9. The van der Waals surface area contributed by atoms with E-state index in [9.17, 15) is 8.42 Å². The SMILES string of the molecule is CCCS(=O)(=O)N1CCC(NC(=NC)NCc2nc(C)c(C)s2)CC1.I. The number of nitrogens with zero attached hydrogens (tertiary/aromatic N) is 3. The van der Waals surface area contributed by atoms with Crippen molar-refractivity contribution in [1.29, 1.82) is 0 Å². The van der Waals surface area contributed by atoms with Crippen molar-refractivity contribution in [3.8, 4) is 0 Å². The number of halogens is 1. The average molecular weight is 515 g/mol. The highest BCUT2D eigenvalue weighted by Gasteiger charge is 2.27. The molecule has 1 fully saturated rings. The van der Waals surface area contributed by atoms with E-state index in [4.69, 9.17) is 0 Å². The van der Waals surface area contributed by atoms with Crippen molar-refractivity contribution in [3.05, 3.63) is 15.6 Å². The highest BCUT2D eigenvalue weighted by Crippen LogP contribution is 2.17. The van der Waals surface area contributed by atoms with Crippen LogP contribution in [-0.2, 0) is 16.6 Å². The molecule has 0 radical (unpaired) electrons. The standard InChI is InChI=1S/C16H29N5O2S2.HI/c1-5-10-25(22,23)21-8-6-14(7-9-21)20-16(17-4)18-11-15-19-12(2)13(3)24-15;/h14H,5-11H2,1-4H3,(H2,17,18,20);1H. The van der Waals surface area contributed by atoms with E-state index in [0.717, 1.165) is 29.5 Å². The van der Waals surface area contributed by atoms with Gasteiger partial charge < -0.3 is 10.6 Å². The van der Waals surface area contributed by atoms with Crippen LogP contribution in [0.5, 0.6) is 0 Å². The third-order valence-corrected chi connectivity index (χ3v) is 7.50. The van der Waals surface area contributed by atoms with Crippen LogP contribution in [0.15, 0.2) is 4.99 Å². The maximum atomic E-state index is 12.1. The lowest BCUT2D eigenvalue weighted by Crippen LogP contribution is -2.49. The number of hydrogen-bond donors (Lipinski definition) is 2. The van der Waals surface area contributed by atoms with E-state index < -0.39 is 10.0 Å². The largest absolute Gasteiger partial charge is 0.354 e. The number of rotatable bonds is 6. The van der Waals surface area contributed by atoms with Gasteiger partial charge in [0.05, 0.1) is 18.0 Å². The molecule has 10 heteroatoms. The Kier molecular flexibility index (Phi) is 9.76. The molecule has 7 nitrogen and oxygen atoms in total. The normalized spacial score (nSPS) is 17.0. The zero-order chi connectivity index (χ0) is 18.4. The Morgan fingerprint density at radius 2 is 2.00 bits per heavy atom. The molecule has 0 aromatic carbocycles. The van der Waals surface area contributed by atoms with Crippen molar-refractivity contribution in [3.63, 3.8) is 0 Å². The van der Waals surface area contributed by atoms with Crippen LogP contribution in [0.3, 0.4) is 0 Å². The number of piperidine rings is 1. The summed E-state index contributed by atoms with van der Waals surface area (Å²) >= 11 is 1.69. The first-order chi connectivity index (χ1) is 11.9. The fourth-order valence-electron chi connectivity index (χ4n) is 2.83. The summed E-state index contributed by atoms with van der Waals surface area (Å²) in [4.78, 5) is 10.0. The number of thiazole rings is 1. The number of hydrogen-bond acceptors (Lipinski definition) is 5. The smallest absolute Gasteiger partial charge is 0.214 e. The van der Waals surface area contributed by atoms with Crippen LogP contribution < -0.4 is 10.6 Å². The lowest BCUT2D eigenvalue weighted by atomic mass is 10.1. The molecular weight excluding hydrogens is 485 g/mol. The van der Waals surface area contributed by atoms with Gasteiger partial charge in [-0.1, -0.05) is 6.92 Å². The summed E-state index contributed by atoms with van der Waals surface area (Å²) in [6.45, 7) is 7.77. The summed E-state index contributed by atoms with van der Waals surface area (Å²) in [5.74, 6) is 0.974. The predicted molar refractivity (Wildman–Crippen MR) is 119 cm³/mol. The van der Waals surface area contributed by atoms with E-state index in [0.29, 0.717) is 26.1 Å². The van der Waals surface area contributed by atoms with Gasteiger partial charge in [-0.2, -0.15) is 0 Å². The maximum absolute atomic E-state index is 12.1. The van der Waals surface area contributed by atoms with Crippen LogP contribution in [0.1, 0.15) is 41.8 Å². The number of aromatic nitrogens is 1. The molecule has 0 aliphatic carbocycles. The number of aryl methyl sites for hydroxylation is 2.